The van der Waals surface area contributed by atoms with Gasteiger partial charge in [-0.1, -0.05) is 11.6 Å². The Bertz CT molecular complexity index is 626. The van der Waals surface area contributed by atoms with E-state index in [1.165, 1.54) is 23.9 Å². The van der Waals surface area contributed by atoms with Crippen LogP contribution in [0.3, 0.4) is 0 Å². The molecule has 0 amide bonds. The van der Waals surface area contributed by atoms with Gasteiger partial charge in [0.1, 0.15) is 0 Å². The molecule has 2 aromatic carbocycles. The minimum Gasteiger partial charge on any atom is -0.293 e. The van der Waals surface area contributed by atoms with E-state index in [4.69, 9.17) is 11.6 Å². The average Bonchev–Trinajstić information content (AvgIpc) is 2.46. The third kappa shape index (κ3) is 3.82. The van der Waals surface area contributed by atoms with Gasteiger partial charge in [-0.15, -0.1) is 11.8 Å². The van der Waals surface area contributed by atoms with Crippen LogP contribution < -0.4 is 0 Å². The summed E-state index contributed by atoms with van der Waals surface area (Å²) in [5.74, 6) is 0.268. The molecule has 0 bridgehead atoms. The normalized spacial score (nSPS) is 10.2. The predicted molar refractivity (Wildman–Crippen MR) is 79.6 cm³/mol. The summed E-state index contributed by atoms with van der Waals surface area (Å²) >= 11 is 7.10. The zero-order chi connectivity index (χ0) is 14.5. The van der Waals surface area contributed by atoms with E-state index in [2.05, 4.69) is 0 Å². The number of Topliss-reactive ketones (excluding diaryl/α,β-unsaturated/α-hetero) is 1. The molecule has 0 unspecified atom stereocenters. The minimum atomic E-state index is -0.451. The Labute approximate surface area is 124 Å². The molecule has 0 atom stereocenters. The van der Waals surface area contributed by atoms with Gasteiger partial charge in [-0.3, -0.25) is 14.9 Å². The number of non-ortho nitro benzene ring substituents is 1. The number of hydrogen-bond acceptors (Lipinski definition) is 4. The van der Waals surface area contributed by atoms with Gasteiger partial charge in [0.25, 0.3) is 5.69 Å². The monoisotopic (exact) mass is 307 g/mol. The minimum absolute atomic E-state index is 0.00924. The van der Waals surface area contributed by atoms with Crippen molar-refractivity contribution in [3.05, 3.63) is 69.2 Å². The number of nitrogens with zero attached hydrogens (tertiary/aromatic N) is 1. The van der Waals surface area contributed by atoms with Crippen molar-refractivity contribution in [3.63, 3.8) is 0 Å². The lowest BCUT2D eigenvalue weighted by atomic mass is 10.1. The molecular weight excluding hydrogens is 298 g/mol. The van der Waals surface area contributed by atoms with Gasteiger partial charge in [-0.2, -0.15) is 0 Å². The van der Waals surface area contributed by atoms with Crippen molar-refractivity contribution in [3.8, 4) is 0 Å². The van der Waals surface area contributed by atoms with Crippen LogP contribution in [0.2, 0.25) is 5.02 Å². The standard InChI is InChI=1S/C14H10ClNO3S/c15-11-3-1-10(2-4-11)14(17)9-20-13-7-5-12(6-8-13)16(18)19/h1-8H,9H2. The molecule has 102 valence electrons. The lowest BCUT2D eigenvalue weighted by Crippen LogP contribution is -2.01. The van der Waals surface area contributed by atoms with Gasteiger partial charge < -0.3 is 0 Å². The summed E-state index contributed by atoms with van der Waals surface area (Å²) < 4.78 is 0. The molecule has 4 nitrogen and oxygen atoms in total. The first-order valence-electron chi connectivity index (χ1n) is 5.72. The van der Waals surface area contributed by atoms with Crippen LogP contribution in [0.5, 0.6) is 0 Å². The predicted octanol–water partition coefficient (Wildman–Crippen LogP) is 4.22. The van der Waals surface area contributed by atoms with Crippen LogP contribution in [-0.2, 0) is 0 Å². The largest absolute Gasteiger partial charge is 0.293 e. The zero-order valence-corrected chi connectivity index (χ0v) is 11.9. The summed E-state index contributed by atoms with van der Waals surface area (Å²) in [6.07, 6.45) is 0. The Morgan fingerprint density at radius 3 is 2.25 bits per heavy atom. The number of nitro benzene ring substituents is 1. The fourth-order valence-electron chi connectivity index (χ4n) is 1.53. The smallest absolute Gasteiger partial charge is 0.269 e. The molecule has 0 aliphatic carbocycles. The molecule has 0 saturated carbocycles. The van der Waals surface area contributed by atoms with Crippen LogP contribution in [0.25, 0.3) is 0 Å². The van der Waals surface area contributed by atoms with Crippen LogP contribution in [0, 0.1) is 10.1 Å². The third-order valence-electron chi connectivity index (χ3n) is 2.58. The first-order valence-corrected chi connectivity index (χ1v) is 7.08. The van der Waals surface area contributed by atoms with Crippen molar-refractivity contribution >= 4 is 34.8 Å². The number of ketones is 1. The van der Waals surface area contributed by atoms with Gasteiger partial charge in [0.15, 0.2) is 5.78 Å². The van der Waals surface area contributed by atoms with E-state index in [0.29, 0.717) is 10.6 Å². The fraction of sp³-hybridized carbons (Fsp3) is 0.0714. The van der Waals surface area contributed by atoms with E-state index < -0.39 is 4.92 Å². The molecule has 0 radical (unpaired) electrons. The second kappa shape index (κ2) is 6.54. The summed E-state index contributed by atoms with van der Waals surface area (Å²) in [7, 11) is 0. The molecular formula is C14H10ClNO3S. The molecule has 0 N–H and O–H groups in total. The molecule has 0 aliphatic rings. The van der Waals surface area contributed by atoms with Crippen LogP contribution in [0.4, 0.5) is 5.69 Å². The van der Waals surface area contributed by atoms with Gasteiger partial charge in [-0.25, -0.2) is 0 Å². The molecule has 0 fully saturated rings. The van der Waals surface area contributed by atoms with Crippen molar-refractivity contribution in [1.82, 2.24) is 0 Å². The number of thioether (sulfide) groups is 1. The molecule has 6 heteroatoms. The molecule has 0 aliphatic heterocycles. The highest BCUT2D eigenvalue weighted by Crippen LogP contribution is 2.22. The molecule has 2 rings (SSSR count). The Balaban J connectivity index is 1.96. The van der Waals surface area contributed by atoms with Crippen molar-refractivity contribution in [2.45, 2.75) is 4.90 Å². The molecule has 0 spiro atoms. The zero-order valence-electron chi connectivity index (χ0n) is 10.3. The van der Waals surface area contributed by atoms with Crippen LogP contribution >= 0.6 is 23.4 Å². The van der Waals surface area contributed by atoms with E-state index in [9.17, 15) is 14.9 Å². The van der Waals surface area contributed by atoms with Crippen molar-refractivity contribution < 1.29 is 9.72 Å². The van der Waals surface area contributed by atoms with Crippen molar-refractivity contribution in [2.75, 3.05) is 5.75 Å². The van der Waals surface area contributed by atoms with E-state index in [1.54, 1.807) is 36.4 Å². The van der Waals surface area contributed by atoms with Gasteiger partial charge in [-0.05, 0) is 36.4 Å². The average molecular weight is 308 g/mol. The Morgan fingerprint density at radius 1 is 1.10 bits per heavy atom. The number of carbonyl (C=O) groups is 1. The highest BCUT2D eigenvalue weighted by Gasteiger charge is 2.08. The van der Waals surface area contributed by atoms with Crippen molar-refractivity contribution in [2.24, 2.45) is 0 Å². The number of halogens is 1. The lowest BCUT2D eigenvalue weighted by molar-refractivity contribution is -0.384. The molecule has 0 aromatic heterocycles. The quantitative estimate of drug-likeness (QED) is 0.359. The van der Waals surface area contributed by atoms with Crippen LogP contribution in [-0.4, -0.2) is 16.5 Å². The Morgan fingerprint density at radius 2 is 1.70 bits per heavy atom. The number of carbonyl (C=O) groups excluding carboxylic acids is 1. The number of hydrogen-bond donors (Lipinski definition) is 0. The first kappa shape index (κ1) is 14.6. The van der Waals surface area contributed by atoms with Crippen LogP contribution in [0.1, 0.15) is 10.4 Å². The SMILES string of the molecule is O=C(CSc1ccc([N+](=O)[O-])cc1)c1ccc(Cl)cc1. The number of nitro groups is 1. The van der Waals surface area contributed by atoms with Gasteiger partial charge in [0, 0.05) is 27.6 Å². The first-order chi connectivity index (χ1) is 9.56. The van der Waals surface area contributed by atoms with E-state index in [1.807, 2.05) is 0 Å². The number of rotatable bonds is 5. The van der Waals surface area contributed by atoms with Crippen molar-refractivity contribution in [1.29, 1.82) is 0 Å². The Kier molecular flexibility index (Phi) is 4.76. The maximum atomic E-state index is 11.9. The maximum absolute atomic E-state index is 11.9. The third-order valence-corrected chi connectivity index (χ3v) is 3.85. The Hall–Kier alpha value is -1.85. The summed E-state index contributed by atoms with van der Waals surface area (Å²) in [4.78, 5) is 22.8. The van der Waals surface area contributed by atoms with E-state index in [-0.39, 0.29) is 17.2 Å². The molecule has 20 heavy (non-hydrogen) atoms. The van der Waals surface area contributed by atoms with Gasteiger partial charge in [0.05, 0.1) is 10.7 Å². The summed E-state index contributed by atoms with van der Waals surface area (Å²) in [6, 6.07) is 12.8. The van der Waals surface area contributed by atoms with E-state index >= 15 is 0 Å². The van der Waals surface area contributed by atoms with Gasteiger partial charge in [0.2, 0.25) is 0 Å². The van der Waals surface area contributed by atoms with Gasteiger partial charge >= 0.3 is 0 Å². The molecule has 0 heterocycles. The molecule has 0 saturated heterocycles. The lowest BCUT2D eigenvalue weighted by Gasteiger charge is -2.02. The topological polar surface area (TPSA) is 60.2 Å². The highest BCUT2D eigenvalue weighted by molar-refractivity contribution is 8.00. The highest BCUT2D eigenvalue weighted by atomic mass is 35.5. The summed E-state index contributed by atoms with van der Waals surface area (Å²) in [6.45, 7) is 0. The molecule has 2 aromatic rings. The second-order valence-corrected chi connectivity index (χ2v) is 5.45. The van der Waals surface area contributed by atoms with E-state index in [0.717, 1.165) is 4.90 Å². The number of benzene rings is 2. The van der Waals surface area contributed by atoms with Crippen LogP contribution in [0.15, 0.2) is 53.4 Å². The fourth-order valence-corrected chi connectivity index (χ4v) is 2.45. The summed E-state index contributed by atoms with van der Waals surface area (Å²) in [5, 5.41) is 11.1. The maximum Gasteiger partial charge on any atom is 0.269 e. The summed E-state index contributed by atoms with van der Waals surface area (Å²) in [5.41, 5.74) is 0.641. The second-order valence-electron chi connectivity index (χ2n) is 3.97.